The van der Waals surface area contributed by atoms with E-state index >= 15 is 8.78 Å². The maximum absolute atomic E-state index is 15.2. The summed E-state index contributed by atoms with van der Waals surface area (Å²) in [4.78, 5) is 58.1. The van der Waals surface area contributed by atoms with Gasteiger partial charge in [0.2, 0.25) is 11.8 Å². The summed E-state index contributed by atoms with van der Waals surface area (Å²) in [5, 5.41) is 5.92. The molecular formula is C39H45F3N6O5S. The zero-order chi connectivity index (χ0) is 38.0. The van der Waals surface area contributed by atoms with Crippen molar-refractivity contribution in [1.29, 1.82) is 0 Å². The Morgan fingerprint density at radius 3 is 2.54 bits per heavy atom. The molecule has 288 valence electrons. The van der Waals surface area contributed by atoms with Crippen molar-refractivity contribution in [3.05, 3.63) is 89.9 Å². The second kappa shape index (κ2) is 18.7. The van der Waals surface area contributed by atoms with Gasteiger partial charge in [-0.25, -0.2) is 18.2 Å². The summed E-state index contributed by atoms with van der Waals surface area (Å²) < 4.78 is 52.4. The first-order valence-electron chi connectivity index (χ1n) is 18.3. The molecule has 3 aromatic rings. The van der Waals surface area contributed by atoms with Gasteiger partial charge in [-0.1, -0.05) is 30.3 Å². The van der Waals surface area contributed by atoms with Crippen LogP contribution in [0.4, 0.5) is 13.2 Å². The highest BCUT2D eigenvalue weighted by atomic mass is 32.2. The number of nitrogens with one attached hydrogen (secondary N) is 2. The zero-order valence-corrected chi connectivity index (χ0v) is 30.7. The van der Waals surface area contributed by atoms with E-state index in [9.17, 15) is 23.6 Å². The Labute approximate surface area is 316 Å². The van der Waals surface area contributed by atoms with E-state index in [0.717, 1.165) is 28.7 Å². The fourth-order valence-electron chi connectivity index (χ4n) is 7.18. The number of alkyl halides is 1. The number of hydrogen-bond donors (Lipinski definition) is 2. The number of benzene rings is 2. The number of ether oxygens (including phenoxy) is 1. The molecule has 0 radical (unpaired) electrons. The summed E-state index contributed by atoms with van der Waals surface area (Å²) >= 11 is 1.34. The number of carbonyl (C=O) groups is 4. The number of halogens is 3. The number of carbonyl (C=O) groups excluding carboxylic acids is 4. The average molecular weight is 767 g/mol. The van der Waals surface area contributed by atoms with Gasteiger partial charge in [0, 0.05) is 94.5 Å². The Bertz CT molecular complexity index is 1800. The van der Waals surface area contributed by atoms with Crippen LogP contribution < -0.4 is 10.6 Å². The van der Waals surface area contributed by atoms with Gasteiger partial charge in [-0.15, -0.1) is 0 Å². The van der Waals surface area contributed by atoms with E-state index in [-0.39, 0.29) is 72.6 Å². The summed E-state index contributed by atoms with van der Waals surface area (Å²) in [6, 6.07) is 12.3. The van der Waals surface area contributed by atoms with E-state index in [2.05, 4.69) is 10.6 Å². The second-order valence-corrected chi connectivity index (χ2v) is 14.9. The third kappa shape index (κ3) is 9.98. The first-order chi connectivity index (χ1) is 26.2. The highest BCUT2D eigenvalue weighted by Crippen LogP contribution is 2.38. The van der Waals surface area contributed by atoms with E-state index in [1.807, 2.05) is 34.9 Å². The molecule has 3 aliphatic heterocycles. The van der Waals surface area contributed by atoms with Crippen LogP contribution in [0.15, 0.2) is 66.9 Å². The molecule has 2 fully saturated rings. The molecule has 2 aromatic carbocycles. The van der Waals surface area contributed by atoms with Crippen LogP contribution in [0.1, 0.15) is 43.1 Å². The molecule has 54 heavy (non-hydrogen) atoms. The Balaban J connectivity index is 1.21. The van der Waals surface area contributed by atoms with Crippen LogP contribution in [0.2, 0.25) is 0 Å². The van der Waals surface area contributed by atoms with Crippen LogP contribution in [0.3, 0.4) is 0 Å². The number of aromatic nitrogens is 2. The summed E-state index contributed by atoms with van der Waals surface area (Å²) in [5.41, 5.74) is 1.18. The van der Waals surface area contributed by atoms with E-state index in [0.29, 0.717) is 63.7 Å². The van der Waals surface area contributed by atoms with Crippen molar-refractivity contribution < 1.29 is 37.1 Å². The van der Waals surface area contributed by atoms with E-state index in [4.69, 9.17) is 9.72 Å². The Morgan fingerprint density at radius 1 is 1.06 bits per heavy atom. The molecule has 0 saturated carbocycles. The minimum absolute atomic E-state index is 0.00288. The molecule has 2 N–H and O–H groups in total. The van der Waals surface area contributed by atoms with Gasteiger partial charge in [0.1, 0.15) is 23.6 Å². The van der Waals surface area contributed by atoms with Gasteiger partial charge in [-0.3, -0.25) is 24.1 Å². The molecule has 1 aromatic heterocycles. The number of rotatable bonds is 17. The largest absolute Gasteiger partial charge is 0.381 e. The lowest BCUT2D eigenvalue weighted by atomic mass is 9.88. The van der Waals surface area contributed by atoms with Gasteiger partial charge in [-0.2, -0.15) is 11.8 Å². The van der Waals surface area contributed by atoms with Crippen molar-refractivity contribution in [2.75, 3.05) is 57.4 Å². The van der Waals surface area contributed by atoms with E-state index in [1.165, 1.54) is 23.9 Å². The molecule has 3 aliphatic rings. The minimum Gasteiger partial charge on any atom is -0.381 e. The fourth-order valence-corrected chi connectivity index (χ4v) is 7.91. The van der Waals surface area contributed by atoms with Crippen LogP contribution in [0.25, 0.3) is 11.3 Å². The topological polar surface area (TPSA) is 126 Å². The van der Waals surface area contributed by atoms with Crippen molar-refractivity contribution in [2.24, 2.45) is 11.8 Å². The monoisotopic (exact) mass is 766 g/mol. The van der Waals surface area contributed by atoms with Crippen molar-refractivity contribution in [1.82, 2.24) is 30.0 Å². The Hall–Kier alpha value is -4.47. The van der Waals surface area contributed by atoms with Crippen LogP contribution in [0.5, 0.6) is 0 Å². The number of hydrogen-bond acceptors (Lipinski definition) is 8. The first kappa shape index (κ1) is 39.2. The van der Waals surface area contributed by atoms with Crippen LogP contribution in [-0.2, 0) is 30.5 Å². The molecule has 4 amide bonds. The van der Waals surface area contributed by atoms with E-state index < -0.39 is 29.8 Å². The highest BCUT2D eigenvalue weighted by Gasteiger charge is 2.40. The minimum atomic E-state index is -1.16. The molecule has 4 heterocycles. The lowest BCUT2D eigenvalue weighted by Crippen LogP contribution is -2.46. The number of amides is 4. The number of imidazole rings is 1. The summed E-state index contributed by atoms with van der Waals surface area (Å²) in [6.07, 6.45) is 4.66. The molecule has 0 aliphatic carbocycles. The van der Waals surface area contributed by atoms with Crippen LogP contribution in [0, 0.1) is 23.5 Å². The summed E-state index contributed by atoms with van der Waals surface area (Å²) in [6.45, 7) is 2.48. The summed E-state index contributed by atoms with van der Waals surface area (Å²) in [7, 11) is 0. The average Bonchev–Trinajstić information content (AvgIpc) is 3.87. The third-order valence-corrected chi connectivity index (χ3v) is 11.0. The normalized spacial score (nSPS) is 19.4. The maximum Gasteiger partial charge on any atom is 0.253 e. The van der Waals surface area contributed by atoms with Gasteiger partial charge < -0.3 is 24.8 Å². The molecule has 3 unspecified atom stereocenters. The van der Waals surface area contributed by atoms with Gasteiger partial charge in [0.05, 0.1) is 17.5 Å². The van der Waals surface area contributed by atoms with Crippen molar-refractivity contribution in [3.63, 3.8) is 0 Å². The quantitative estimate of drug-likeness (QED) is 0.154. The number of thioether (sulfide) groups is 1. The van der Waals surface area contributed by atoms with Gasteiger partial charge in [0.25, 0.3) is 11.8 Å². The molecule has 3 atom stereocenters. The lowest BCUT2D eigenvalue weighted by Gasteiger charge is -2.40. The Morgan fingerprint density at radius 2 is 1.81 bits per heavy atom. The van der Waals surface area contributed by atoms with Crippen LogP contribution in [-0.4, -0.2) is 107 Å². The number of imide groups is 1. The van der Waals surface area contributed by atoms with Gasteiger partial charge >= 0.3 is 0 Å². The summed E-state index contributed by atoms with van der Waals surface area (Å²) in [5.74, 6) is -2.02. The predicted molar refractivity (Wildman–Crippen MR) is 198 cm³/mol. The predicted octanol–water partition coefficient (Wildman–Crippen LogP) is 4.29. The standard InChI is InChI=1S/C39H45F3N6O5S/c40-29-8-9-31(41)30(19-29)33-24-46(22-26-5-2-1-3-6-26)39(45-33)38(27-12-16-53-17-13-27)48(23-28-20-43-21-32(28)42)37(52)25-54-18-14-44-34(49)7-4-15-47-35(50)10-11-36(47)51/h1-3,5-6,8-11,19,24,27-28,32,38,43H,4,7,12-18,20-23,25H2,(H,44,49). The zero-order valence-electron chi connectivity index (χ0n) is 29.9. The molecule has 15 heteroatoms. The molecule has 0 bridgehead atoms. The first-order valence-corrected chi connectivity index (χ1v) is 19.5. The molecular weight excluding hydrogens is 722 g/mol. The molecule has 11 nitrogen and oxygen atoms in total. The fraction of sp³-hybridized carbons (Fsp3) is 0.462. The molecule has 2 saturated heterocycles. The SMILES string of the molecule is O=C(CCCN1C(=O)C=CC1=O)NCCSCC(=O)N(CC1CNCC1F)C(c1nc(-c2cc(F)ccc2F)cn1Cc1ccccc1)C1CCOCC1. The second-order valence-electron chi connectivity index (χ2n) is 13.8. The smallest absolute Gasteiger partial charge is 0.253 e. The number of nitrogens with zero attached hydrogens (tertiary/aromatic N) is 4. The Kier molecular flexibility index (Phi) is 13.6. The lowest BCUT2D eigenvalue weighted by molar-refractivity contribution is -0.137. The molecule has 6 rings (SSSR count). The van der Waals surface area contributed by atoms with Crippen molar-refractivity contribution in [2.45, 2.75) is 44.4 Å². The highest BCUT2D eigenvalue weighted by molar-refractivity contribution is 7.99. The van der Waals surface area contributed by atoms with Crippen LogP contribution >= 0.6 is 11.8 Å². The van der Waals surface area contributed by atoms with Crippen molar-refractivity contribution >= 4 is 35.4 Å². The van der Waals surface area contributed by atoms with Gasteiger partial charge in [-0.05, 0) is 48.9 Å². The third-order valence-electron chi connectivity index (χ3n) is 10.0. The van der Waals surface area contributed by atoms with E-state index in [1.54, 1.807) is 11.1 Å². The maximum atomic E-state index is 15.2. The van der Waals surface area contributed by atoms with Gasteiger partial charge in [0.15, 0.2) is 0 Å². The van der Waals surface area contributed by atoms with Crippen molar-refractivity contribution in [3.8, 4) is 11.3 Å². The molecule has 0 spiro atoms.